The number of nitrogens with two attached hydrogens (primary N) is 2. The summed E-state index contributed by atoms with van der Waals surface area (Å²) in [5.41, 5.74) is 13.5. The fourth-order valence-electron chi connectivity index (χ4n) is 4.39. The SMILES string of the molecule is NCCCCC(N)C(=O)NC(Cc1cnc[nH]1)C(=O)NC(Cc1c[nH]c2ccccc12)C(=O)NC(CC(=O)O)C(=O)O. The van der Waals surface area contributed by atoms with E-state index in [2.05, 4.69) is 30.9 Å². The summed E-state index contributed by atoms with van der Waals surface area (Å²) < 4.78 is 0. The molecule has 0 fully saturated rings. The van der Waals surface area contributed by atoms with Crippen molar-refractivity contribution in [2.24, 2.45) is 11.5 Å². The number of fused-ring (bicyclic) bond motifs is 1. The number of carbonyl (C=O) groups excluding carboxylic acids is 3. The average molecular weight is 585 g/mol. The van der Waals surface area contributed by atoms with Crippen molar-refractivity contribution in [3.05, 3.63) is 54.2 Å². The minimum atomic E-state index is -1.73. The van der Waals surface area contributed by atoms with Crippen LogP contribution in [0.25, 0.3) is 10.9 Å². The third-order valence-corrected chi connectivity index (χ3v) is 6.64. The van der Waals surface area contributed by atoms with E-state index in [0.717, 1.165) is 10.9 Å². The molecule has 1 aromatic carbocycles. The van der Waals surface area contributed by atoms with Crippen LogP contribution in [0.4, 0.5) is 0 Å². The Morgan fingerprint density at radius 3 is 2.19 bits per heavy atom. The lowest BCUT2D eigenvalue weighted by Gasteiger charge is -2.25. The minimum Gasteiger partial charge on any atom is -0.481 e. The van der Waals surface area contributed by atoms with E-state index < -0.39 is 60.2 Å². The van der Waals surface area contributed by atoms with Crippen LogP contribution in [-0.4, -0.2) is 85.5 Å². The number of para-hydroxylation sites is 1. The molecule has 3 amide bonds. The molecule has 15 heteroatoms. The summed E-state index contributed by atoms with van der Waals surface area (Å²) in [6.45, 7) is 0.453. The van der Waals surface area contributed by atoms with Gasteiger partial charge in [0.25, 0.3) is 0 Å². The number of hydrogen-bond donors (Lipinski definition) is 9. The zero-order chi connectivity index (χ0) is 30.6. The number of nitrogens with one attached hydrogen (secondary N) is 5. The van der Waals surface area contributed by atoms with E-state index >= 15 is 0 Å². The molecule has 2 heterocycles. The second-order valence-corrected chi connectivity index (χ2v) is 9.86. The van der Waals surface area contributed by atoms with Crippen LogP contribution in [0.15, 0.2) is 43.0 Å². The molecule has 226 valence electrons. The topological polar surface area (TPSA) is 258 Å². The molecule has 4 unspecified atom stereocenters. The maximum absolute atomic E-state index is 13.6. The van der Waals surface area contributed by atoms with Crippen LogP contribution in [0.1, 0.15) is 36.9 Å². The van der Waals surface area contributed by atoms with Gasteiger partial charge in [0, 0.05) is 41.8 Å². The zero-order valence-corrected chi connectivity index (χ0v) is 22.8. The summed E-state index contributed by atoms with van der Waals surface area (Å²) in [6, 6.07) is 2.13. The fraction of sp³-hybridized carbons (Fsp3) is 0.407. The monoisotopic (exact) mass is 584 g/mol. The predicted molar refractivity (Wildman–Crippen MR) is 151 cm³/mol. The van der Waals surface area contributed by atoms with Gasteiger partial charge in [0.1, 0.15) is 18.1 Å². The van der Waals surface area contributed by atoms with Crippen LogP contribution >= 0.6 is 0 Å². The van der Waals surface area contributed by atoms with E-state index in [4.69, 9.17) is 16.6 Å². The van der Waals surface area contributed by atoms with Crippen molar-refractivity contribution in [1.29, 1.82) is 0 Å². The molecule has 4 atom stereocenters. The molecule has 0 aliphatic rings. The normalized spacial score (nSPS) is 14.0. The van der Waals surface area contributed by atoms with Crippen LogP contribution in [0.5, 0.6) is 0 Å². The quantitative estimate of drug-likeness (QED) is 0.0887. The third kappa shape index (κ3) is 9.14. The van der Waals surface area contributed by atoms with Gasteiger partial charge in [0.05, 0.1) is 18.8 Å². The van der Waals surface area contributed by atoms with Gasteiger partial charge in [-0.25, -0.2) is 9.78 Å². The maximum Gasteiger partial charge on any atom is 0.326 e. The Labute approximate surface area is 240 Å². The van der Waals surface area contributed by atoms with Crippen LogP contribution in [-0.2, 0) is 36.8 Å². The Hall–Kier alpha value is -4.76. The Kier molecular flexibility index (Phi) is 11.6. The van der Waals surface area contributed by atoms with E-state index in [1.54, 1.807) is 12.3 Å². The molecule has 0 radical (unpaired) electrons. The largest absolute Gasteiger partial charge is 0.481 e. The summed E-state index contributed by atoms with van der Waals surface area (Å²) in [7, 11) is 0. The number of aromatic nitrogens is 3. The predicted octanol–water partition coefficient (Wildman–Crippen LogP) is -0.854. The highest BCUT2D eigenvalue weighted by Gasteiger charge is 2.32. The second-order valence-electron chi connectivity index (χ2n) is 9.86. The highest BCUT2D eigenvalue weighted by molar-refractivity contribution is 5.95. The van der Waals surface area contributed by atoms with Gasteiger partial charge in [-0.05, 0) is 31.0 Å². The van der Waals surface area contributed by atoms with Crippen molar-refractivity contribution in [2.75, 3.05) is 6.54 Å². The van der Waals surface area contributed by atoms with Gasteiger partial charge in [-0.1, -0.05) is 24.6 Å². The lowest BCUT2D eigenvalue weighted by molar-refractivity contribution is -0.147. The van der Waals surface area contributed by atoms with Gasteiger partial charge < -0.3 is 47.6 Å². The molecule has 0 bridgehead atoms. The Morgan fingerprint density at radius 1 is 0.881 bits per heavy atom. The van der Waals surface area contributed by atoms with Crippen molar-refractivity contribution in [3.63, 3.8) is 0 Å². The van der Waals surface area contributed by atoms with Crippen molar-refractivity contribution < 1.29 is 34.2 Å². The number of carboxylic acids is 2. The molecule has 0 spiro atoms. The Morgan fingerprint density at radius 2 is 1.55 bits per heavy atom. The van der Waals surface area contributed by atoms with Crippen molar-refractivity contribution in [2.45, 2.75) is 62.7 Å². The number of benzene rings is 1. The molecule has 15 nitrogen and oxygen atoms in total. The number of hydrogen-bond acceptors (Lipinski definition) is 8. The van der Waals surface area contributed by atoms with E-state index in [0.29, 0.717) is 37.1 Å². The molecule has 2 aromatic heterocycles. The average Bonchev–Trinajstić information content (AvgIpc) is 3.61. The molecule has 3 rings (SSSR count). The number of carboxylic acid groups (broad SMARTS) is 2. The number of rotatable bonds is 17. The Balaban J connectivity index is 1.85. The lowest BCUT2D eigenvalue weighted by atomic mass is 10.0. The van der Waals surface area contributed by atoms with Gasteiger partial charge in [-0.2, -0.15) is 0 Å². The number of carbonyl (C=O) groups is 5. The first-order valence-corrected chi connectivity index (χ1v) is 13.4. The van der Waals surface area contributed by atoms with Crippen molar-refractivity contribution in [3.8, 4) is 0 Å². The van der Waals surface area contributed by atoms with Gasteiger partial charge in [0.2, 0.25) is 17.7 Å². The maximum atomic E-state index is 13.6. The van der Waals surface area contributed by atoms with Gasteiger partial charge in [-0.3, -0.25) is 19.2 Å². The molecular weight excluding hydrogens is 548 g/mol. The minimum absolute atomic E-state index is 0.00865. The highest BCUT2D eigenvalue weighted by atomic mass is 16.4. The highest BCUT2D eigenvalue weighted by Crippen LogP contribution is 2.19. The smallest absolute Gasteiger partial charge is 0.326 e. The Bertz CT molecular complexity index is 1370. The number of aliphatic carboxylic acids is 2. The second kappa shape index (κ2) is 15.3. The van der Waals surface area contributed by atoms with Crippen LogP contribution in [0.2, 0.25) is 0 Å². The summed E-state index contributed by atoms with van der Waals surface area (Å²) >= 11 is 0. The van der Waals surface area contributed by atoms with Gasteiger partial charge >= 0.3 is 11.9 Å². The van der Waals surface area contributed by atoms with Gasteiger partial charge in [-0.15, -0.1) is 0 Å². The first-order valence-electron chi connectivity index (χ1n) is 13.4. The summed E-state index contributed by atoms with van der Waals surface area (Å²) in [4.78, 5) is 72.4. The standard InChI is InChI=1S/C27H36N8O7/c28-8-4-3-6-18(29)24(38)33-21(10-16-13-30-14-32-16)26(40)34-20(25(39)35-22(27(41)42)11-23(36)37)9-15-12-31-19-7-2-1-5-17(15)19/h1-2,5,7,12-14,18,20-22,31H,3-4,6,8-11,28-29H2,(H,30,32)(H,33,38)(H,34,40)(H,35,39)(H,36,37)(H,41,42). The number of unbranched alkanes of at least 4 members (excludes halogenated alkanes) is 1. The summed E-state index contributed by atoms with van der Waals surface area (Å²) in [5, 5.41) is 26.8. The number of nitrogens with zero attached hydrogens (tertiary/aromatic N) is 1. The van der Waals surface area contributed by atoms with Gasteiger partial charge in [0.15, 0.2) is 0 Å². The molecule has 3 aromatic rings. The van der Waals surface area contributed by atoms with E-state index in [9.17, 15) is 29.1 Å². The number of aromatic amines is 2. The third-order valence-electron chi connectivity index (χ3n) is 6.64. The van der Waals surface area contributed by atoms with Crippen molar-refractivity contribution in [1.82, 2.24) is 30.9 Å². The lowest BCUT2D eigenvalue weighted by Crippen LogP contribution is -2.58. The van der Waals surface area contributed by atoms with Crippen molar-refractivity contribution >= 4 is 40.6 Å². The van der Waals surface area contributed by atoms with Crippen LogP contribution < -0.4 is 27.4 Å². The van der Waals surface area contributed by atoms with E-state index in [1.807, 2.05) is 18.2 Å². The summed E-state index contributed by atoms with van der Waals surface area (Å²) in [6.07, 6.45) is 5.27. The number of imidazole rings is 1. The fourth-order valence-corrected chi connectivity index (χ4v) is 4.39. The zero-order valence-electron chi connectivity index (χ0n) is 22.8. The molecule has 0 aliphatic heterocycles. The molecule has 11 N–H and O–H groups in total. The first kappa shape index (κ1) is 31.8. The molecular formula is C27H36N8O7. The first-order chi connectivity index (χ1) is 20.1. The summed E-state index contributed by atoms with van der Waals surface area (Å²) in [5.74, 6) is -5.19. The number of H-pyrrole nitrogens is 2. The van der Waals surface area contributed by atoms with E-state index in [-0.39, 0.29) is 12.8 Å². The van der Waals surface area contributed by atoms with Crippen LogP contribution in [0, 0.1) is 0 Å². The molecule has 42 heavy (non-hydrogen) atoms. The molecule has 0 saturated heterocycles. The molecule has 0 saturated carbocycles. The van der Waals surface area contributed by atoms with E-state index in [1.165, 1.54) is 12.5 Å². The molecule has 0 aliphatic carbocycles. The van der Waals surface area contributed by atoms with Crippen LogP contribution in [0.3, 0.4) is 0 Å². The number of amides is 3.